The zero-order valence-corrected chi connectivity index (χ0v) is 12.5. The molecule has 6 heteroatoms. The number of nitrogens with two attached hydrogens (primary N) is 1. The predicted octanol–water partition coefficient (Wildman–Crippen LogP) is 2.48. The first-order valence-corrected chi connectivity index (χ1v) is 7.31. The van der Waals surface area contributed by atoms with Gasteiger partial charge >= 0.3 is 0 Å². The lowest BCUT2D eigenvalue weighted by Crippen LogP contribution is -2.41. The Morgan fingerprint density at radius 1 is 1.50 bits per heavy atom. The summed E-state index contributed by atoms with van der Waals surface area (Å²) in [6.45, 7) is 0.461. The number of pyridine rings is 1. The molecule has 3 N–H and O–H groups in total. The minimum Gasteiger partial charge on any atom is -0.480 e. The summed E-state index contributed by atoms with van der Waals surface area (Å²) in [4.78, 5) is 8.43. The third-order valence-corrected chi connectivity index (χ3v) is 3.72. The molecule has 0 amide bonds. The van der Waals surface area contributed by atoms with Gasteiger partial charge in [0.15, 0.2) is 5.96 Å². The van der Waals surface area contributed by atoms with E-state index >= 15 is 0 Å². The monoisotopic (exact) mass is 296 g/mol. The number of ether oxygens (including phenoxy) is 1. The molecule has 1 fully saturated rings. The van der Waals surface area contributed by atoms with E-state index < -0.39 is 0 Å². The second kappa shape index (κ2) is 7.33. The molecule has 1 heterocycles. The number of aliphatic imine (C=N–C) groups is 1. The quantitative estimate of drug-likeness (QED) is 0.661. The predicted molar refractivity (Wildman–Crippen MR) is 81.1 cm³/mol. The van der Waals surface area contributed by atoms with E-state index in [2.05, 4.69) is 15.3 Å². The number of nitrogens with one attached hydrogen (secondary N) is 1. The van der Waals surface area contributed by atoms with E-state index in [4.69, 9.17) is 22.1 Å². The highest BCUT2D eigenvalue weighted by Gasteiger charge is 2.13. The summed E-state index contributed by atoms with van der Waals surface area (Å²) in [5, 5.41) is 3.76. The van der Waals surface area contributed by atoms with Crippen molar-refractivity contribution in [3.63, 3.8) is 0 Å². The maximum atomic E-state index is 6.02. The number of guanidine groups is 1. The summed E-state index contributed by atoms with van der Waals surface area (Å²) in [7, 11) is 1.54. The van der Waals surface area contributed by atoms with Crippen LogP contribution in [0.25, 0.3) is 0 Å². The normalized spacial score (nSPS) is 17.0. The van der Waals surface area contributed by atoms with Crippen molar-refractivity contribution in [2.24, 2.45) is 10.7 Å². The fourth-order valence-corrected chi connectivity index (χ4v) is 2.65. The number of rotatable bonds is 4. The van der Waals surface area contributed by atoms with Crippen molar-refractivity contribution in [3.05, 3.63) is 22.8 Å². The molecule has 20 heavy (non-hydrogen) atoms. The third-order valence-electron chi connectivity index (χ3n) is 3.45. The van der Waals surface area contributed by atoms with Gasteiger partial charge in [-0.05, 0) is 24.5 Å². The standard InChI is InChI=1S/C14H21ClN4O/c1-20-13-12(15)7-10(8-17-13)9-18-14(16)19-11-5-3-2-4-6-11/h7-8,11H,2-6,9H2,1H3,(H3,16,18,19). The van der Waals surface area contributed by atoms with Gasteiger partial charge in [0.1, 0.15) is 5.02 Å². The second-order valence-corrected chi connectivity index (χ2v) is 5.42. The van der Waals surface area contributed by atoms with Gasteiger partial charge in [0.25, 0.3) is 0 Å². The molecular weight excluding hydrogens is 276 g/mol. The summed E-state index contributed by atoms with van der Waals surface area (Å²) in [6, 6.07) is 2.26. The SMILES string of the molecule is COc1ncc(CN=C(N)NC2CCCCC2)cc1Cl. The Bertz CT molecular complexity index is 472. The zero-order valence-electron chi connectivity index (χ0n) is 11.7. The summed E-state index contributed by atoms with van der Waals surface area (Å²) in [6.07, 6.45) is 7.90. The van der Waals surface area contributed by atoms with Crippen LogP contribution in [0.1, 0.15) is 37.7 Å². The Morgan fingerprint density at radius 2 is 2.25 bits per heavy atom. The lowest BCUT2D eigenvalue weighted by Gasteiger charge is -2.23. The Balaban J connectivity index is 1.89. The van der Waals surface area contributed by atoms with Crippen molar-refractivity contribution in [1.82, 2.24) is 10.3 Å². The van der Waals surface area contributed by atoms with E-state index in [-0.39, 0.29) is 0 Å². The van der Waals surface area contributed by atoms with Crippen LogP contribution in [0.4, 0.5) is 0 Å². The first kappa shape index (κ1) is 14.9. The fourth-order valence-electron chi connectivity index (χ4n) is 2.38. The van der Waals surface area contributed by atoms with E-state index in [0.717, 1.165) is 5.56 Å². The van der Waals surface area contributed by atoms with Crippen molar-refractivity contribution in [2.45, 2.75) is 44.7 Å². The van der Waals surface area contributed by atoms with Crippen molar-refractivity contribution in [1.29, 1.82) is 0 Å². The fraction of sp³-hybridized carbons (Fsp3) is 0.571. The van der Waals surface area contributed by atoms with Gasteiger partial charge < -0.3 is 15.8 Å². The Kier molecular flexibility index (Phi) is 5.47. The molecule has 0 atom stereocenters. The summed E-state index contributed by atoms with van der Waals surface area (Å²) in [5.41, 5.74) is 6.81. The topological polar surface area (TPSA) is 72.5 Å². The van der Waals surface area contributed by atoms with Crippen molar-refractivity contribution in [2.75, 3.05) is 7.11 Å². The number of methoxy groups -OCH3 is 1. The highest BCUT2D eigenvalue weighted by Crippen LogP contribution is 2.22. The molecule has 1 saturated carbocycles. The molecule has 0 saturated heterocycles. The van der Waals surface area contributed by atoms with Gasteiger partial charge in [0.05, 0.1) is 13.7 Å². The number of hydrogen-bond donors (Lipinski definition) is 2. The number of nitrogens with zero attached hydrogens (tertiary/aromatic N) is 2. The molecule has 1 aliphatic carbocycles. The van der Waals surface area contributed by atoms with Crippen LogP contribution < -0.4 is 15.8 Å². The molecule has 2 rings (SSSR count). The van der Waals surface area contributed by atoms with Crippen LogP contribution in [0.2, 0.25) is 5.02 Å². The van der Waals surface area contributed by atoms with Crippen molar-refractivity contribution >= 4 is 17.6 Å². The molecule has 0 aromatic carbocycles. The van der Waals surface area contributed by atoms with E-state index in [9.17, 15) is 0 Å². The Labute approximate surface area is 124 Å². The maximum absolute atomic E-state index is 6.02. The van der Waals surface area contributed by atoms with Crippen LogP contribution in [0, 0.1) is 0 Å². The van der Waals surface area contributed by atoms with Crippen LogP contribution in [-0.4, -0.2) is 24.1 Å². The van der Waals surface area contributed by atoms with Gasteiger partial charge in [-0.1, -0.05) is 30.9 Å². The van der Waals surface area contributed by atoms with Gasteiger partial charge in [0.2, 0.25) is 5.88 Å². The average Bonchev–Trinajstić information content (AvgIpc) is 2.46. The van der Waals surface area contributed by atoms with Crippen molar-refractivity contribution < 1.29 is 4.74 Å². The number of aromatic nitrogens is 1. The Morgan fingerprint density at radius 3 is 2.90 bits per heavy atom. The highest BCUT2D eigenvalue weighted by atomic mass is 35.5. The summed E-state index contributed by atoms with van der Waals surface area (Å²) >= 11 is 6.02. The highest BCUT2D eigenvalue weighted by molar-refractivity contribution is 6.31. The van der Waals surface area contributed by atoms with Gasteiger partial charge in [0, 0.05) is 12.2 Å². The number of hydrogen-bond acceptors (Lipinski definition) is 3. The molecule has 1 aromatic heterocycles. The molecular formula is C14H21ClN4O. The molecule has 0 spiro atoms. The molecule has 5 nitrogen and oxygen atoms in total. The number of halogens is 1. The van der Waals surface area contributed by atoms with E-state index in [0.29, 0.717) is 29.4 Å². The van der Waals surface area contributed by atoms with Gasteiger partial charge in [-0.25, -0.2) is 9.98 Å². The van der Waals surface area contributed by atoms with E-state index in [1.54, 1.807) is 12.3 Å². The first-order chi connectivity index (χ1) is 9.69. The minimum atomic E-state index is 0.424. The largest absolute Gasteiger partial charge is 0.480 e. The van der Waals surface area contributed by atoms with Crippen LogP contribution in [0.15, 0.2) is 17.3 Å². The molecule has 1 aromatic rings. The van der Waals surface area contributed by atoms with Crippen LogP contribution in [-0.2, 0) is 6.54 Å². The van der Waals surface area contributed by atoms with Gasteiger partial charge in [-0.15, -0.1) is 0 Å². The van der Waals surface area contributed by atoms with E-state index in [1.165, 1.54) is 39.2 Å². The maximum Gasteiger partial charge on any atom is 0.232 e. The van der Waals surface area contributed by atoms with Gasteiger partial charge in [-0.2, -0.15) is 0 Å². The van der Waals surface area contributed by atoms with E-state index in [1.807, 2.05) is 0 Å². The minimum absolute atomic E-state index is 0.424. The molecule has 0 bridgehead atoms. The molecule has 0 aliphatic heterocycles. The smallest absolute Gasteiger partial charge is 0.232 e. The molecule has 0 radical (unpaired) electrons. The Hall–Kier alpha value is -1.49. The van der Waals surface area contributed by atoms with Crippen molar-refractivity contribution in [3.8, 4) is 5.88 Å². The summed E-state index contributed by atoms with van der Waals surface area (Å²) in [5.74, 6) is 0.913. The third kappa shape index (κ3) is 4.27. The van der Waals surface area contributed by atoms with Crippen LogP contribution in [0.3, 0.4) is 0 Å². The average molecular weight is 297 g/mol. The zero-order chi connectivity index (χ0) is 14.4. The van der Waals surface area contributed by atoms with Crippen LogP contribution >= 0.6 is 11.6 Å². The first-order valence-electron chi connectivity index (χ1n) is 6.94. The molecule has 1 aliphatic rings. The van der Waals surface area contributed by atoms with Crippen LogP contribution in [0.5, 0.6) is 5.88 Å². The molecule has 0 unspecified atom stereocenters. The van der Waals surface area contributed by atoms with Gasteiger partial charge in [-0.3, -0.25) is 0 Å². The second-order valence-electron chi connectivity index (χ2n) is 5.02. The lowest BCUT2D eigenvalue weighted by atomic mass is 9.96. The molecule has 110 valence electrons. The lowest BCUT2D eigenvalue weighted by molar-refractivity contribution is 0.398. The summed E-state index contributed by atoms with van der Waals surface area (Å²) < 4.78 is 5.01.